The van der Waals surface area contributed by atoms with Crippen LogP contribution in [0.15, 0.2) is 49.6 Å². The number of benzene rings is 2. The first-order chi connectivity index (χ1) is 18.4. The van der Waals surface area contributed by atoms with Crippen molar-refractivity contribution in [1.29, 1.82) is 0 Å². The molecule has 39 heavy (non-hydrogen) atoms. The monoisotopic (exact) mass is 593 g/mol. The average molecular weight is 594 g/mol. The molecule has 3 atom stereocenters. The van der Waals surface area contributed by atoms with Gasteiger partial charge in [0.2, 0.25) is 0 Å². The van der Waals surface area contributed by atoms with Crippen LogP contribution < -0.4 is 25.4 Å². The third kappa shape index (κ3) is 10.6. The molecule has 0 saturated carbocycles. The second-order valence-corrected chi connectivity index (χ2v) is 9.33. The van der Waals surface area contributed by atoms with E-state index in [2.05, 4.69) is 29.1 Å². The highest BCUT2D eigenvalue weighted by molar-refractivity contribution is 6.31. The van der Waals surface area contributed by atoms with Gasteiger partial charge in [0.05, 0.1) is 11.6 Å². The number of nitrogens with one attached hydrogen (secondary N) is 3. The Hall–Kier alpha value is -3.02. The lowest BCUT2D eigenvalue weighted by Crippen LogP contribution is -2.47. The molecule has 0 saturated heterocycles. The molecule has 1 aliphatic rings. The molecule has 7 nitrogen and oxygen atoms in total. The molecule has 3 unspecified atom stereocenters. The van der Waals surface area contributed by atoms with Gasteiger partial charge in [-0.1, -0.05) is 23.2 Å². The Kier molecular flexibility index (Phi) is 12.3. The van der Waals surface area contributed by atoms with Crippen molar-refractivity contribution < 1.29 is 36.6 Å². The van der Waals surface area contributed by atoms with Gasteiger partial charge in [0.1, 0.15) is 17.3 Å². The second kappa shape index (κ2) is 14.9. The minimum atomic E-state index is -4.43. The van der Waals surface area contributed by atoms with Crippen LogP contribution in [-0.2, 0) is 9.59 Å². The first-order valence-corrected chi connectivity index (χ1v) is 12.6. The van der Waals surface area contributed by atoms with Crippen LogP contribution in [0.5, 0.6) is 11.5 Å². The van der Waals surface area contributed by atoms with Crippen molar-refractivity contribution in [3.8, 4) is 11.5 Å². The Morgan fingerprint density at radius 2 is 1.90 bits per heavy atom. The number of halogens is 6. The van der Waals surface area contributed by atoms with Gasteiger partial charge in [-0.3, -0.25) is 9.59 Å². The lowest BCUT2D eigenvalue weighted by molar-refractivity contribution is -0.131. The maximum absolute atomic E-state index is 13.4. The highest BCUT2D eigenvalue weighted by Crippen LogP contribution is 2.37. The number of ether oxygens (including phenoxy) is 2. The number of hydrogen-bond donors (Lipinski definition) is 3. The molecule has 0 spiro atoms. The van der Waals surface area contributed by atoms with Gasteiger partial charge >= 0.3 is 6.18 Å². The summed E-state index contributed by atoms with van der Waals surface area (Å²) in [5.41, 5.74) is 0.445. The van der Waals surface area contributed by atoms with Crippen LogP contribution in [0.3, 0.4) is 0 Å². The molecule has 0 radical (unpaired) electrons. The molecule has 1 aliphatic heterocycles. The first kappa shape index (κ1) is 32.2. The Morgan fingerprint density at radius 1 is 1.18 bits per heavy atom. The van der Waals surface area contributed by atoms with E-state index in [9.17, 15) is 27.2 Å². The summed E-state index contributed by atoms with van der Waals surface area (Å²) in [5, 5.41) is 8.08. The van der Waals surface area contributed by atoms with Gasteiger partial charge in [-0.15, -0.1) is 13.2 Å². The van der Waals surface area contributed by atoms with Crippen molar-refractivity contribution in [2.75, 3.05) is 19.7 Å². The van der Waals surface area contributed by atoms with Gasteiger partial charge in [0.25, 0.3) is 11.8 Å². The summed E-state index contributed by atoms with van der Waals surface area (Å²) in [6, 6.07) is 7.19. The van der Waals surface area contributed by atoms with Crippen molar-refractivity contribution in [2.24, 2.45) is 0 Å². The van der Waals surface area contributed by atoms with E-state index in [-0.39, 0.29) is 42.1 Å². The summed E-state index contributed by atoms with van der Waals surface area (Å²) in [4.78, 5) is 24.7. The van der Waals surface area contributed by atoms with Gasteiger partial charge in [0.15, 0.2) is 12.7 Å². The van der Waals surface area contributed by atoms with E-state index in [1.807, 2.05) is 0 Å². The third-order valence-electron chi connectivity index (χ3n) is 5.46. The molecule has 0 bridgehead atoms. The highest BCUT2D eigenvalue weighted by Gasteiger charge is 2.36. The Balaban J connectivity index is 0.00000260. The fourth-order valence-corrected chi connectivity index (χ4v) is 3.93. The minimum Gasteiger partial charge on any atom is -0.484 e. The van der Waals surface area contributed by atoms with Crippen molar-refractivity contribution in [1.82, 2.24) is 16.0 Å². The second-order valence-electron chi connectivity index (χ2n) is 8.49. The number of amides is 2. The van der Waals surface area contributed by atoms with Gasteiger partial charge in [-0.05, 0) is 43.7 Å². The lowest BCUT2D eigenvalue weighted by Gasteiger charge is -2.33. The molecule has 0 fully saturated rings. The number of rotatable bonds is 10. The molecule has 2 aromatic carbocycles. The Labute approximate surface area is 233 Å². The van der Waals surface area contributed by atoms with E-state index in [4.69, 9.17) is 32.7 Å². The van der Waals surface area contributed by atoms with E-state index in [1.165, 1.54) is 30.3 Å². The number of hydrogen-bond acceptors (Lipinski definition) is 5. The van der Waals surface area contributed by atoms with E-state index < -0.39 is 42.5 Å². The fraction of sp³-hybridized carbons (Fsp3) is 0.385. The normalized spacial score (nSPS) is 17.0. The highest BCUT2D eigenvalue weighted by atomic mass is 35.5. The molecule has 1 heterocycles. The first-order valence-electron chi connectivity index (χ1n) is 11.8. The maximum atomic E-state index is 13.4. The van der Waals surface area contributed by atoms with Gasteiger partial charge in [0, 0.05) is 41.7 Å². The summed E-state index contributed by atoms with van der Waals surface area (Å²) in [6.07, 6.45) is -5.11. The third-order valence-corrected chi connectivity index (χ3v) is 6.00. The SMILES string of the molecule is C=C.CC(CCNC(=O)COc1ccc(Cl)c(F)c1)NC(=O)C1CC(NCC(F)(F)F)c2cc(Cl)ccc2O1. The Bertz CT molecular complexity index is 1140. The van der Waals surface area contributed by atoms with E-state index in [1.54, 1.807) is 6.92 Å². The summed E-state index contributed by atoms with van der Waals surface area (Å²) in [5.74, 6) is -1.18. The molecule has 3 N–H and O–H groups in total. The predicted molar refractivity (Wildman–Crippen MR) is 141 cm³/mol. The van der Waals surface area contributed by atoms with Gasteiger partial charge in [-0.25, -0.2) is 4.39 Å². The van der Waals surface area contributed by atoms with Crippen LogP contribution in [0.4, 0.5) is 17.6 Å². The molecule has 214 valence electrons. The van der Waals surface area contributed by atoms with E-state index >= 15 is 0 Å². The summed E-state index contributed by atoms with van der Waals surface area (Å²) in [7, 11) is 0. The molecule has 0 aromatic heterocycles. The molecule has 2 amide bonds. The predicted octanol–water partition coefficient (Wildman–Crippen LogP) is 5.37. The van der Waals surface area contributed by atoms with Crippen LogP contribution in [0.1, 0.15) is 31.4 Å². The van der Waals surface area contributed by atoms with E-state index in [0.717, 1.165) is 6.07 Å². The largest absolute Gasteiger partial charge is 0.484 e. The van der Waals surface area contributed by atoms with Gasteiger partial charge in [-0.2, -0.15) is 13.2 Å². The zero-order chi connectivity index (χ0) is 29.2. The molecular formula is C26H29Cl2F4N3O4. The standard InChI is InChI=1S/C24H25Cl2F4N3O4.C2H4/c1-13(6-7-31-22(34)11-36-15-3-4-17(26)18(27)9-15)33-23(35)21-10-19(32-12-24(28,29)30)16-8-14(25)2-5-20(16)37-21;1-2/h2-5,8-9,13,19,21,32H,6-7,10-12H2,1H3,(H,31,34)(H,33,35);1-2H2. The molecule has 13 heteroatoms. The van der Waals surface area contributed by atoms with Crippen molar-refractivity contribution >= 4 is 35.0 Å². The number of fused-ring (bicyclic) bond motifs is 1. The van der Waals surface area contributed by atoms with Crippen LogP contribution >= 0.6 is 23.2 Å². The van der Waals surface area contributed by atoms with E-state index in [0.29, 0.717) is 17.0 Å². The number of alkyl halides is 3. The minimum absolute atomic E-state index is 0.0264. The van der Waals surface area contributed by atoms with Crippen LogP contribution in [0.25, 0.3) is 0 Å². The summed E-state index contributed by atoms with van der Waals surface area (Å²) < 4.78 is 62.7. The van der Waals surface area contributed by atoms with Crippen LogP contribution in [0, 0.1) is 5.82 Å². The molecule has 3 rings (SSSR count). The zero-order valence-corrected chi connectivity index (χ0v) is 22.6. The zero-order valence-electron chi connectivity index (χ0n) is 21.0. The van der Waals surface area contributed by atoms with Crippen molar-refractivity contribution in [3.05, 3.63) is 71.0 Å². The molecule has 0 aliphatic carbocycles. The molecule has 2 aromatic rings. The van der Waals surface area contributed by atoms with Crippen molar-refractivity contribution in [3.63, 3.8) is 0 Å². The topological polar surface area (TPSA) is 88.7 Å². The lowest BCUT2D eigenvalue weighted by atomic mass is 9.95. The van der Waals surface area contributed by atoms with Crippen molar-refractivity contribution in [2.45, 2.75) is 44.1 Å². The van der Waals surface area contributed by atoms with Crippen LogP contribution in [-0.4, -0.2) is 49.8 Å². The summed E-state index contributed by atoms with van der Waals surface area (Å²) >= 11 is 11.6. The quantitative estimate of drug-likeness (QED) is 0.255. The smallest absolute Gasteiger partial charge is 0.401 e. The van der Waals surface area contributed by atoms with Crippen LogP contribution in [0.2, 0.25) is 10.0 Å². The van der Waals surface area contributed by atoms with Gasteiger partial charge < -0.3 is 25.4 Å². The number of carbonyl (C=O) groups excluding carboxylic acids is 2. The molecular weight excluding hydrogens is 565 g/mol. The Morgan fingerprint density at radius 3 is 2.56 bits per heavy atom. The average Bonchev–Trinajstić information content (AvgIpc) is 2.88. The number of carbonyl (C=O) groups is 2. The fourth-order valence-electron chi connectivity index (χ4n) is 3.64. The maximum Gasteiger partial charge on any atom is 0.401 e. The summed E-state index contributed by atoms with van der Waals surface area (Å²) in [6.45, 7) is 6.35.